The van der Waals surface area contributed by atoms with Gasteiger partial charge >= 0.3 is 0 Å². The molecule has 2 aromatic carbocycles. The van der Waals surface area contributed by atoms with Crippen LogP contribution in [0.25, 0.3) is 6.08 Å². The Bertz CT molecular complexity index is 988. The van der Waals surface area contributed by atoms with E-state index in [1.54, 1.807) is 11.8 Å². The average molecular weight is 449 g/mol. The lowest BCUT2D eigenvalue weighted by molar-refractivity contribution is -0.133. The van der Waals surface area contributed by atoms with Gasteiger partial charge < -0.3 is 10.2 Å². The molecule has 1 aliphatic carbocycles. The number of thioether (sulfide) groups is 1. The van der Waals surface area contributed by atoms with Gasteiger partial charge in [-0.3, -0.25) is 9.59 Å². The smallest absolute Gasteiger partial charge is 0.260 e. The molecule has 32 heavy (non-hydrogen) atoms. The standard InChI is InChI=1S/C27H32N2O2S/c1-3-14-28-26(30)22-12-13-24-23(17-22)29(18-21-11-7-8-19(2)15-21)27(31)25(32-24)16-20-9-5-4-6-10-20/h4-11,15-16,22-24H,3,12-14,17-18H2,1-2H3,(H,28,30)/b25-16-. The van der Waals surface area contributed by atoms with Crippen LogP contribution in [0.1, 0.15) is 49.3 Å². The molecule has 2 aromatic rings. The molecular formula is C27H32N2O2S. The zero-order valence-electron chi connectivity index (χ0n) is 18.9. The van der Waals surface area contributed by atoms with E-state index < -0.39 is 0 Å². The highest BCUT2D eigenvalue weighted by Crippen LogP contribution is 2.44. The third-order valence-corrected chi connectivity index (χ3v) is 7.76. The van der Waals surface area contributed by atoms with Crippen LogP contribution in [0.4, 0.5) is 0 Å². The normalized spacial score (nSPS) is 24.3. The summed E-state index contributed by atoms with van der Waals surface area (Å²) >= 11 is 1.71. The van der Waals surface area contributed by atoms with Crippen molar-refractivity contribution < 1.29 is 9.59 Å². The Kier molecular flexibility index (Phi) is 7.36. The lowest BCUT2D eigenvalue weighted by atomic mass is 9.83. The first-order valence-corrected chi connectivity index (χ1v) is 12.5. The maximum atomic E-state index is 13.7. The molecule has 2 amide bonds. The molecule has 1 saturated heterocycles. The molecule has 3 atom stereocenters. The zero-order valence-corrected chi connectivity index (χ0v) is 19.7. The number of rotatable bonds is 6. The van der Waals surface area contributed by atoms with Crippen molar-refractivity contribution >= 4 is 29.7 Å². The van der Waals surface area contributed by atoms with Crippen molar-refractivity contribution in [3.63, 3.8) is 0 Å². The van der Waals surface area contributed by atoms with Crippen molar-refractivity contribution in [1.82, 2.24) is 10.2 Å². The van der Waals surface area contributed by atoms with Crippen LogP contribution >= 0.6 is 11.8 Å². The maximum Gasteiger partial charge on any atom is 0.260 e. The Balaban J connectivity index is 1.61. The SMILES string of the molecule is CCCNC(=O)C1CCC2S/C(=C\c3ccccc3)C(=O)N(Cc3cccc(C)c3)C2C1. The van der Waals surface area contributed by atoms with Crippen molar-refractivity contribution in [3.05, 3.63) is 76.2 Å². The van der Waals surface area contributed by atoms with E-state index in [4.69, 9.17) is 0 Å². The second-order valence-electron chi connectivity index (χ2n) is 8.87. The van der Waals surface area contributed by atoms with Gasteiger partial charge in [0, 0.05) is 30.3 Å². The zero-order chi connectivity index (χ0) is 22.5. The van der Waals surface area contributed by atoms with E-state index in [9.17, 15) is 9.59 Å². The minimum atomic E-state index is -0.0177. The highest BCUT2D eigenvalue weighted by atomic mass is 32.2. The van der Waals surface area contributed by atoms with Crippen LogP contribution < -0.4 is 5.32 Å². The van der Waals surface area contributed by atoms with Crippen molar-refractivity contribution in [3.8, 4) is 0 Å². The van der Waals surface area contributed by atoms with Crippen LogP contribution in [0.2, 0.25) is 0 Å². The molecule has 3 unspecified atom stereocenters. The summed E-state index contributed by atoms with van der Waals surface area (Å²) in [4.78, 5) is 29.2. The second-order valence-corrected chi connectivity index (χ2v) is 10.1. The lowest BCUT2D eigenvalue weighted by Gasteiger charge is -2.46. The van der Waals surface area contributed by atoms with Gasteiger partial charge in [-0.1, -0.05) is 67.1 Å². The van der Waals surface area contributed by atoms with Crippen LogP contribution in [-0.2, 0) is 16.1 Å². The first-order valence-electron chi connectivity index (χ1n) is 11.6. The van der Waals surface area contributed by atoms with Crippen LogP contribution in [0.15, 0.2) is 59.5 Å². The fourth-order valence-electron chi connectivity index (χ4n) is 4.71. The van der Waals surface area contributed by atoms with Crippen LogP contribution in [0.5, 0.6) is 0 Å². The summed E-state index contributed by atoms with van der Waals surface area (Å²) in [5.41, 5.74) is 3.38. The van der Waals surface area contributed by atoms with E-state index in [0.717, 1.165) is 41.7 Å². The van der Waals surface area contributed by atoms with E-state index in [2.05, 4.69) is 37.4 Å². The summed E-state index contributed by atoms with van der Waals surface area (Å²) in [7, 11) is 0. The fourth-order valence-corrected chi connectivity index (χ4v) is 6.13. The second kappa shape index (κ2) is 10.4. The molecule has 2 aliphatic rings. The predicted molar refractivity (Wildman–Crippen MR) is 132 cm³/mol. The van der Waals surface area contributed by atoms with Gasteiger partial charge in [0.25, 0.3) is 5.91 Å². The van der Waals surface area contributed by atoms with Gasteiger partial charge in [0.15, 0.2) is 0 Å². The Morgan fingerprint density at radius 1 is 1.16 bits per heavy atom. The summed E-state index contributed by atoms with van der Waals surface area (Å²) < 4.78 is 0. The number of nitrogens with one attached hydrogen (secondary N) is 1. The number of aryl methyl sites for hydroxylation is 1. The van der Waals surface area contributed by atoms with E-state index >= 15 is 0 Å². The van der Waals surface area contributed by atoms with Crippen molar-refractivity contribution in [2.45, 2.75) is 57.4 Å². The first-order chi connectivity index (χ1) is 15.5. The number of hydrogen-bond donors (Lipinski definition) is 1. The highest BCUT2D eigenvalue weighted by Gasteiger charge is 2.44. The van der Waals surface area contributed by atoms with Gasteiger partial charge in [-0.2, -0.15) is 0 Å². The molecule has 1 saturated carbocycles. The summed E-state index contributed by atoms with van der Waals surface area (Å²) in [5, 5.41) is 3.38. The van der Waals surface area contributed by atoms with E-state index in [0.29, 0.717) is 18.3 Å². The minimum Gasteiger partial charge on any atom is -0.356 e. The topological polar surface area (TPSA) is 49.4 Å². The van der Waals surface area contributed by atoms with Gasteiger partial charge in [0.2, 0.25) is 5.91 Å². The van der Waals surface area contributed by atoms with Gasteiger partial charge in [-0.15, -0.1) is 11.8 Å². The molecule has 2 fully saturated rings. The molecule has 0 spiro atoms. The molecule has 0 radical (unpaired) electrons. The number of amides is 2. The monoisotopic (exact) mass is 448 g/mol. The van der Waals surface area contributed by atoms with Gasteiger partial charge in [-0.25, -0.2) is 0 Å². The van der Waals surface area contributed by atoms with E-state index in [-0.39, 0.29) is 23.8 Å². The Labute approximate surface area is 195 Å². The quantitative estimate of drug-likeness (QED) is 0.620. The van der Waals surface area contributed by atoms with Crippen molar-refractivity contribution in [1.29, 1.82) is 0 Å². The van der Waals surface area contributed by atoms with Crippen LogP contribution in [-0.4, -0.2) is 34.6 Å². The molecular weight excluding hydrogens is 416 g/mol. The highest BCUT2D eigenvalue weighted by molar-refractivity contribution is 8.04. The lowest BCUT2D eigenvalue weighted by Crippen LogP contribution is -2.53. The summed E-state index contributed by atoms with van der Waals surface area (Å²) in [6, 6.07) is 18.5. The summed E-state index contributed by atoms with van der Waals surface area (Å²) in [6.45, 7) is 5.44. The fraction of sp³-hybridized carbons (Fsp3) is 0.407. The Hall–Kier alpha value is -2.53. The predicted octanol–water partition coefficient (Wildman–Crippen LogP) is 5.18. The number of carbonyl (C=O) groups is 2. The molecule has 0 bridgehead atoms. The van der Waals surface area contributed by atoms with E-state index in [1.165, 1.54) is 5.56 Å². The average Bonchev–Trinajstić information content (AvgIpc) is 2.80. The Morgan fingerprint density at radius 3 is 2.72 bits per heavy atom. The molecule has 4 nitrogen and oxygen atoms in total. The summed E-state index contributed by atoms with van der Waals surface area (Å²) in [6.07, 6.45) is 5.53. The third kappa shape index (κ3) is 5.26. The molecule has 168 valence electrons. The van der Waals surface area contributed by atoms with Gasteiger partial charge in [0.05, 0.1) is 4.91 Å². The number of carbonyl (C=O) groups excluding carboxylic acids is 2. The number of hydrogen-bond acceptors (Lipinski definition) is 3. The van der Waals surface area contributed by atoms with Crippen molar-refractivity contribution in [2.75, 3.05) is 6.54 Å². The minimum absolute atomic E-state index is 0.0177. The van der Waals surface area contributed by atoms with Crippen molar-refractivity contribution in [2.24, 2.45) is 5.92 Å². The third-order valence-electron chi connectivity index (χ3n) is 6.36. The molecule has 0 aromatic heterocycles. The number of fused-ring (bicyclic) bond motifs is 1. The first kappa shape index (κ1) is 22.7. The Morgan fingerprint density at radius 2 is 1.97 bits per heavy atom. The molecule has 4 rings (SSSR count). The molecule has 1 N–H and O–H groups in total. The van der Waals surface area contributed by atoms with Crippen LogP contribution in [0, 0.1) is 12.8 Å². The van der Waals surface area contributed by atoms with Crippen LogP contribution in [0.3, 0.4) is 0 Å². The largest absolute Gasteiger partial charge is 0.356 e. The maximum absolute atomic E-state index is 13.7. The molecule has 1 heterocycles. The molecule has 5 heteroatoms. The van der Waals surface area contributed by atoms with E-state index in [1.807, 2.05) is 47.4 Å². The summed E-state index contributed by atoms with van der Waals surface area (Å²) in [5.74, 6) is 0.205. The van der Waals surface area contributed by atoms with Gasteiger partial charge in [0.1, 0.15) is 0 Å². The molecule has 1 aliphatic heterocycles. The number of benzene rings is 2. The number of nitrogens with zero attached hydrogens (tertiary/aromatic N) is 1. The van der Waals surface area contributed by atoms with Gasteiger partial charge in [-0.05, 0) is 49.8 Å².